The molecule has 0 saturated heterocycles. The first-order valence-corrected chi connectivity index (χ1v) is 8.22. The van der Waals surface area contributed by atoms with E-state index in [4.69, 9.17) is 0 Å². The number of hydrogen-bond donors (Lipinski definition) is 3. The van der Waals surface area contributed by atoms with Crippen LogP contribution < -0.4 is 10.6 Å². The molecule has 0 bridgehead atoms. The van der Waals surface area contributed by atoms with Crippen LogP contribution in [0.4, 0.5) is 4.79 Å². The van der Waals surface area contributed by atoms with E-state index in [-0.39, 0.29) is 12.1 Å². The second kappa shape index (κ2) is 7.20. The minimum atomic E-state index is -1.00. The lowest BCUT2D eigenvalue weighted by Crippen LogP contribution is -2.54. The molecule has 116 valence electrons. The van der Waals surface area contributed by atoms with Crippen molar-refractivity contribution in [2.75, 3.05) is 5.75 Å². The zero-order chi connectivity index (χ0) is 15.3. The summed E-state index contributed by atoms with van der Waals surface area (Å²) in [4.78, 5) is 23.3. The van der Waals surface area contributed by atoms with Crippen LogP contribution in [0.25, 0.3) is 0 Å². The van der Waals surface area contributed by atoms with E-state index in [9.17, 15) is 14.7 Å². The summed E-state index contributed by atoms with van der Waals surface area (Å²) in [5.74, 6) is 0.0306. The first-order valence-electron chi connectivity index (χ1n) is 7.17. The Hall–Kier alpha value is -0.910. The zero-order valence-corrected chi connectivity index (χ0v) is 13.5. The normalized spacial score (nSPS) is 24.2. The number of nitrogens with one attached hydrogen (secondary N) is 2. The maximum absolute atomic E-state index is 12.0. The molecular weight excluding hydrogens is 276 g/mol. The lowest BCUT2D eigenvalue weighted by atomic mass is 9.87. The average molecular weight is 302 g/mol. The molecule has 3 atom stereocenters. The lowest BCUT2D eigenvalue weighted by molar-refractivity contribution is -0.141. The van der Waals surface area contributed by atoms with Crippen LogP contribution in [0.1, 0.15) is 47.0 Å². The van der Waals surface area contributed by atoms with Crippen molar-refractivity contribution in [3.63, 3.8) is 0 Å². The maximum atomic E-state index is 12.0. The third-order valence-corrected chi connectivity index (χ3v) is 4.86. The highest BCUT2D eigenvalue weighted by molar-refractivity contribution is 7.99. The number of carboxylic acids is 1. The molecule has 1 aliphatic rings. The Morgan fingerprint density at radius 3 is 2.50 bits per heavy atom. The van der Waals surface area contributed by atoms with Gasteiger partial charge in [-0.15, -0.1) is 0 Å². The van der Waals surface area contributed by atoms with Crippen molar-refractivity contribution in [2.45, 2.75) is 64.3 Å². The Morgan fingerprint density at radius 2 is 2.00 bits per heavy atom. The molecule has 0 aliphatic heterocycles. The highest BCUT2D eigenvalue weighted by atomic mass is 32.2. The van der Waals surface area contributed by atoms with Crippen LogP contribution in [0, 0.1) is 5.41 Å². The van der Waals surface area contributed by atoms with Crippen molar-refractivity contribution >= 4 is 23.8 Å². The molecule has 1 aliphatic carbocycles. The fourth-order valence-corrected chi connectivity index (χ4v) is 3.69. The summed E-state index contributed by atoms with van der Waals surface area (Å²) in [7, 11) is 0. The van der Waals surface area contributed by atoms with Gasteiger partial charge in [0, 0.05) is 11.3 Å². The summed E-state index contributed by atoms with van der Waals surface area (Å²) in [6.45, 7) is 7.52. The Labute approximate surface area is 125 Å². The predicted octanol–water partition coefficient (Wildman–Crippen LogP) is 2.46. The molecule has 3 N–H and O–H groups in total. The van der Waals surface area contributed by atoms with Gasteiger partial charge in [-0.05, 0) is 24.0 Å². The van der Waals surface area contributed by atoms with Crippen molar-refractivity contribution in [2.24, 2.45) is 5.41 Å². The predicted molar refractivity (Wildman–Crippen MR) is 82.1 cm³/mol. The summed E-state index contributed by atoms with van der Waals surface area (Å²) >= 11 is 1.86. The third-order valence-electron chi connectivity index (χ3n) is 3.54. The van der Waals surface area contributed by atoms with Gasteiger partial charge in [0.1, 0.15) is 6.04 Å². The molecule has 20 heavy (non-hydrogen) atoms. The van der Waals surface area contributed by atoms with Crippen LogP contribution in [-0.4, -0.2) is 40.2 Å². The first-order chi connectivity index (χ1) is 9.25. The molecule has 0 heterocycles. The van der Waals surface area contributed by atoms with Gasteiger partial charge >= 0.3 is 12.0 Å². The van der Waals surface area contributed by atoms with E-state index in [1.165, 1.54) is 0 Å². The fourth-order valence-electron chi connectivity index (χ4n) is 2.49. The first kappa shape index (κ1) is 17.1. The molecular formula is C14H26N2O3S. The molecule has 0 aromatic rings. The number of carboxylic acid groups (broad SMARTS) is 1. The second-order valence-electron chi connectivity index (χ2n) is 6.29. The van der Waals surface area contributed by atoms with E-state index < -0.39 is 17.4 Å². The van der Waals surface area contributed by atoms with Crippen LogP contribution in [0.15, 0.2) is 0 Å². The van der Waals surface area contributed by atoms with Gasteiger partial charge in [-0.25, -0.2) is 9.59 Å². The van der Waals surface area contributed by atoms with Gasteiger partial charge in [-0.2, -0.15) is 11.8 Å². The van der Waals surface area contributed by atoms with Gasteiger partial charge in [0.25, 0.3) is 0 Å². The largest absolute Gasteiger partial charge is 0.480 e. The molecule has 0 spiro atoms. The van der Waals surface area contributed by atoms with Crippen LogP contribution >= 0.6 is 11.8 Å². The molecule has 0 aromatic heterocycles. The van der Waals surface area contributed by atoms with Gasteiger partial charge in [-0.3, -0.25) is 0 Å². The SMILES string of the molecule is CCSC1CCCC1NC(=O)N[C@@H](C(=O)O)C(C)(C)C. The Bertz CT molecular complexity index is 355. The minimum absolute atomic E-state index is 0.148. The minimum Gasteiger partial charge on any atom is -0.480 e. The number of rotatable bonds is 5. The van der Waals surface area contributed by atoms with Crippen molar-refractivity contribution < 1.29 is 14.7 Å². The smallest absolute Gasteiger partial charge is 0.326 e. The van der Waals surface area contributed by atoms with E-state index in [1.807, 2.05) is 11.8 Å². The number of thioether (sulfide) groups is 1. The fraction of sp³-hybridized carbons (Fsp3) is 0.857. The molecule has 2 unspecified atom stereocenters. The highest BCUT2D eigenvalue weighted by Crippen LogP contribution is 2.29. The average Bonchev–Trinajstić information content (AvgIpc) is 2.72. The quantitative estimate of drug-likeness (QED) is 0.729. The maximum Gasteiger partial charge on any atom is 0.326 e. The van der Waals surface area contributed by atoms with Gasteiger partial charge in [-0.1, -0.05) is 34.1 Å². The molecule has 6 heteroatoms. The van der Waals surface area contributed by atoms with Crippen LogP contribution in [0.2, 0.25) is 0 Å². The Morgan fingerprint density at radius 1 is 1.35 bits per heavy atom. The molecule has 0 radical (unpaired) electrons. The molecule has 5 nitrogen and oxygen atoms in total. The number of hydrogen-bond acceptors (Lipinski definition) is 3. The molecule has 1 rings (SSSR count). The zero-order valence-electron chi connectivity index (χ0n) is 12.7. The highest BCUT2D eigenvalue weighted by Gasteiger charge is 2.34. The summed E-state index contributed by atoms with van der Waals surface area (Å²) in [5, 5.41) is 15.2. The summed E-state index contributed by atoms with van der Waals surface area (Å²) < 4.78 is 0. The van der Waals surface area contributed by atoms with E-state index in [1.54, 1.807) is 20.8 Å². The second-order valence-corrected chi connectivity index (χ2v) is 7.80. The van der Waals surface area contributed by atoms with Crippen LogP contribution in [0.5, 0.6) is 0 Å². The monoisotopic (exact) mass is 302 g/mol. The number of urea groups is 1. The number of aliphatic carboxylic acids is 1. The Kier molecular flexibility index (Phi) is 6.17. The topological polar surface area (TPSA) is 78.4 Å². The lowest BCUT2D eigenvalue weighted by Gasteiger charge is -2.29. The molecule has 0 aromatic carbocycles. The number of carbonyl (C=O) groups is 2. The number of carbonyl (C=O) groups excluding carboxylic acids is 1. The van der Waals surface area contributed by atoms with E-state index in [2.05, 4.69) is 17.6 Å². The van der Waals surface area contributed by atoms with Gasteiger partial charge in [0.15, 0.2) is 0 Å². The van der Waals surface area contributed by atoms with E-state index >= 15 is 0 Å². The summed E-state index contributed by atoms with van der Waals surface area (Å²) in [6.07, 6.45) is 3.20. The van der Waals surface area contributed by atoms with Gasteiger partial charge in [0.2, 0.25) is 0 Å². The summed E-state index contributed by atoms with van der Waals surface area (Å²) in [5.41, 5.74) is -0.517. The van der Waals surface area contributed by atoms with Crippen LogP contribution in [0.3, 0.4) is 0 Å². The van der Waals surface area contributed by atoms with Crippen molar-refractivity contribution in [1.82, 2.24) is 10.6 Å². The molecule has 1 saturated carbocycles. The number of amides is 2. The van der Waals surface area contributed by atoms with Gasteiger partial charge in [0.05, 0.1) is 0 Å². The molecule has 2 amide bonds. The van der Waals surface area contributed by atoms with E-state index in [0.717, 1.165) is 25.0 Å². The standard InChI is InChI=1S/C14H26N2O3S/c1-5-20-10-8-6-7-9(10)15-13(19)16-11(12(17)18)14(2,3)4/h9-11H,5-8H2,1-4H3,(H,17,18)(H2,15,16,19)/t9?,10?,11-/m0/s1. The Balaban J connectivity index is 2.56. The van der Waals surface area contributed by atoms with Gasteiger partial charge < -0.3 is 15.7 Å². The van der Waals surface area contributed by atoms with Crippen molar-refractivity contribution in [3.05, 3.63) is 0 Å². The van der Waals surface area contributed by atoms with Crippen molar-refractivity contribution in [3.8, 4) is 0 Å². The van der Waals surface area contributed by atoms with E-state index in [0.29, 0.717) is 5.25 Å². The van der Waals surface area contributed by atoms with Crippen molar-refractivity contribution in [1.29, 1.82) is 0 Å². The third kappa shape index (κ3) is 4.89. The summed E-state index contributed by atoms with van der Waals surface area (Å²) in [6, 6.07) is -1.11. The van der Waals surface area contributed by atoms with Crippen LogP contribution in [-0.2, 0) is 4.79 Å². The molecule has 1 fully saturated rings.